The van der Waals surface area contributed by atoms with Crippen molar-refractivity contribution in [2.24, 2.45) is 0 Å². The van der Waals surface area contributed by atoms with Gasteiger partial charge in [0.1, 0.15) is 17.1 Å². The van der Waals surface area contributed by atoms with Crippen molar-refractivity contribution < 1.29 is 27.9 Å². The van der Waals surface area contributed by atoms with E-state index in [1.807, 2.05) is 13.0 Å². The molecule has 7 nitrogen and oxygen atoms in total. The van der Waals surface area contributed by atoms with Gasteiger partial charge in [0.05, 0.1) is 19.4 Å². The molecule has 0 radical (unpaired) electrons. The predicted molar refractivity (Wildman–Crippen MR) is 97.6 cm³/mol. The second-order valence-electron chi connectivity index (χ2n) is 5.99. The minimum Gasteiger partial charge on any atom is -0.494 e. The summed E-state index contributed by atoms with van der Waals surface area (Å²) >= 11 is 0. The van der Waals surface area contributed by atoms with Crippen molar-refractivity contribution in [1.29, 1.82) is 0 Å². The SMILES string of the molecule is CCOc1ccc2oc(C(=O)O[C@@H](C)C(=O)NCc3ccco3)c(C)c2c1. The van der Waals surface area contributed by atoms with E-state index in [0.29, 0.717) is 29.3 Å². The lowest BCUT2D eigenvalue weighted by Gasteiger charge is -2.12. The number of carbonyl (C=O) groups excluding carboxylic acids is 2. The van der Waals surface area contributed by atoms with E-state index < -0.39 is 18.0 Å². The van der Waals surface area contributed by atoms with Gasteiger partial charge >= 0.3 is 5.97 Å². The standard InChI is InChI=1S/C20H21NO6/c1-4-24-14-7-8-17-16(10-14)12(2)18(27-17)20(23)26-13(3)19(22)21-11-15-6-5-9-25-15/h5-10,13H,4,11H2,1-3H3,(H,21,22)/t13-/m0/s1. The maximum atomic E-state index is 12.4. The van der Waals surface area contributed by atoms with Crippen molar-refractivity contribution in [3.8, 4) is 5.75 Å². The lowest BCUT2D eigenvalue weighted by molar-refractivity contribution is -0.129. The maximum absolute atomic E-state index is 12.4. The van der Waals surface area contributed by atoms with Crippen LogP contribution >= 0.6 is 0 Å². The van der Waals surface area contributed by atoms with E-state index >= 15 is 0 Å². The normalized spacial score (nSPS) is 12.0. The summed E-state index contributed by atoms with van der Waals surface area (Å²) in [6.45, 7) is 5.92. The van der Waals surface area contributed by atoms with Gasteiger partial charge in [0.2, 0.25) is 5.76 Å². The van der Waals surface area contributed by atoms with Crippen LogP contribution in [0.5, 0.6) is 5.75 Å². The van der Waals surface area contributed by atoms with Crippen molar-refractivity contribution in [1.82, 2.24) is 5.32 Å². The van der Waals surface area contributed by atoms with E-state index in [-0.39, 0.29) is 12.3 Å². The van der Waals surface area contributed by atoms with Gasteiger partial charge in [-0.25, -0.2) is 4.79 Å². The zero-order valence-electron chi connectivity index (χ0n) is 15.4. The highest BCUT2D eigenvalue weighted by atomic mass is 16.6. The van der Waals surface area contributed by atoms with Crippen LogP contribution in [0, 0.1) is 6.92 Å². The van der Waals surface area contributed by atoms with Gasteiger partial charge in [0.15, 0.2) is 6.10 Å². The van der Waals surface area contributed by atoms with Gasteiger partial charge in [-0.3, -0.25) is 4.79 Å². The van der Waals surface area contributed by atoms with E-state index in [9.17, 15) is 9.59 Å². The number of esters is 1. The number of aryl methyl sites for hydroxylation is 1. The minimum absolute atomic E-state index is 0.0735. The van der Waals surface area contributed by atoms with Crippen LogP contribution < -0.4 is 10.1 Å². The smallest absolute Gasteiger partial charge is 0.375 e. The first-order chi connectivity index (χ1) is 13.0. The molecule has 1 amide bonds. The summed E-state index contributed by atoms with van der Waals surface area (Å²) < 4.78 is 21.5. The van der Waals surface area contributed by atoms with Crippen molar-refractivity contribution in [2.45, 2.75) is 33.4 Å². The van der Waals surface area contributed by atoms with Gasteiger partial charge in [0.25, 0.3) is 5.91 Å². The van der Waals surface area contributed by atoms with Crippen molar-refractivity contribution >= 4 is 22.8 Å². The molecule has 1 aromatic carbocycles. The van der Waals surface area contributed by atoms with E-state index in [2.05, 4.69) is 5.32 Å². The predicted octanol–water partition coefficient (Wildman–Crippen LogP) is 3.59. The summed E-state index contributed by atoms with van der Waals surface area (Å²) in [6, 6.07) is 8.80. The van der Waals surface area contributed by atoms with Gasteiger partial charge < -0.3 is 23.6 Å². The summed E-state index contributed by atoms with van der Waals surface area (Å²) in [5.74, 6) is 0.262. The quantitative estimate of drug-likeness (QED) is 0.638. The molecule has 142 valence electrons. The Bertz CT molecular complexity index is 941. The van der Waals surface area contributed by atoms with Crippen LogP contribution in [0.2, 0.25) is 0 Å². The summed E-state index contributed by atoms with van der Waals surface area (Å²) in [5.41, 5.74) is 1.19. The van der Waals surface area contributed by atoms with Crippen LogP contribution in [-0.2, 0) is 16.1 Å². The number of furan rings is 2. The minimum atomic E-state index is -0.973. The molecule has 27 heavy (non-hydrogen) atoms. The van der Waals surface area contributed by atoms with Crippen LogP contribution in [-0.4, -0.2) is 24.6 Å². The lowest BCUT2D eigenvalue weighted by Crippen LogP contribution is -2.35. The fourth-order valence-corrected chi connectivity index (χ4v) is 2.65. The molecule has 0 saturated heterocycles. The number of hydrogen-bond acceptors (Lipinski definition) is 6. The number of fused-ring (bicyclic) bond motifs is 1. The second kappa shape index (κ2) is 7.99. The highest BCUT2D eigenvalue weighted by Crippen LogP contribution is 2.29. The summed E-state index contributed by atoms with van der Waals surface area (Å²) in [6.07, 6.45) is 0.547. The first-order valence-electron chi connectivity index (χ1n) is 8.66. The molecule has 0 saturated carbocycles. The first kappa shape index (κ1) is 18.6. The summed E-state index contributed by atoms with van der Waals surface area (Å²) in [5, 5.41) is 3.41. The molecular formula is C20H21NO6. The van der Waals surface area contributed by atoms with E-state index in [0.717, 1.165) is 5.39 Å². The number of carbonyl (C=O) groups is 2. The Hall–Kier alpha value is -3.22. The number of nitrogens with one attached hydrogen (secondary N) is 1. The largest absolute Gasteiger partial charge is 0.494 e. The first-order valence-corrected chi connectivity index (χ1v) is 8.66. The Morgan fingerprint density at radius 1 is 1.26 bits per heavy atom. The third-order valence-electron chi connectivity index (χ3n) is 4.07. The summed E-state index contributed by atoms with van der Waals surface area (Å²) in [7, 11) is 0. The Morgan fingerprint density at radius 3 is 2.78 bits per heavy atom. The highest BCUT2D eigenvalue weighted by molar-refractivity contribution is 5.97. The Labute approximate surface area is 156 Å². The molecule has 1 N–H and O–H groups in total. The molecule has 3 aromatic rings. The molecule has 0 fully saturated rings. The molecule has 7 heteroatoms. The third-order valence-corrected chi connectivity index (χ3v) is 4.07. The van der Waals surface area contributed by atoms with Gasteiger partial charge in [-0.1, -0.05) is 0 Å². The molecule has 0 unspecified atom stereocenters. The van der Waals surface area contributed by atoms with E-state index in [4.69, 9.17) is 18.3 Å². The number of amides is 1. The number of hydrogen-bond donors (Lipinski definition) is 1. The molecule has 1 atom stereocenters. The van der Waals surface area contributed by atoms with Crippen LogP contribution in [0.15, 0.2) is 45.4 Å². The monoisotopic (exact) mass is 371 g/mol. The highest BCUT2D eigenvalue weighted by Gasteiger charge is 2.24. The summed E-state index contributed by atoms with van der Waals surface area (Å²) in [4.78, 5) is 24.5. The lowest BCUT2D eigenvalue weighted by atomic mass is 10.1. The molecule has 0 aliphatic carbocycles. The Kier molecular flexibility index (Phi) is 5.49. The fraction of sp³-hybridized carbons (Fsp3) is 0.300. The molecule has 0 bridgehead atoms. The zero-order valence-corrected chi connectivity index (χ0v) is 15.4. The molecule has 2 aromatic heterocycles. The Balaban J connectivity index is 1.67. The van der Waals surface area contributed by atoms with E-state index in [1.54, 1.807) is 31.2 Å². The average Bonchev–Trinajstić information content (AvgIpc) is 3.28. The van der Waals surface area contributed by atoms with Crippen molar-refractivity contribution in [3.63, 3.8) is 0 Å². The van der Waals surface area contributed by atoms with Crippen molar-refractivity contribution in [2.75, 3.05) is 6.61 Å². The molecular weight excluding hydrogens is 350 g/mol. The molecule has 3 rings (SSSR count). The fourth-order valence-electron chi connectivity index (χ4n) is 2.65. The maximum Gasteiger partial charge on any atom is 0.375 e. The van der Waals surface area contributed by atoms with Crippen LogP contribution in [0.3, 0.4) is 0 Å². The third kappa shape index (κ3) is 4.13. The molecule has 0 spiro atoms. The van der Waals surface area contributed by atoms with E-state index in [1.165, 1.54) is 13.2 Å². The Morgan fingerprint density at radius 2 is 2.07 bits per heavy atom. The van der Waals surface area contributed by atoms with Crippen LogP contribution in [0.4, 0.5) is 0 Å². The average molecular weight is 371 g/mol. The topological polar surface area (TPSA) is 90.9 Å². The van der Waals surface area contributed by atoms with Gasteiger partial charge in [0, 0.05) is 10.9 Å². The molecule has 0 aliphatic rings. The number of rotatable bonds is 7. The van der Waals surface area contributed by atoms with Gasteiger partial charge in [-0.2, -0.15) is 0 Å². The van der Waals surface area contributed by atoms with Gasteiger partial charge in [-0.05, 0) is 51.1 Å². The zero-order chi connectivity index (χ0) is 19.4. The number of benzene rings is 1. The second-order valence-corrected chi connectivity index (χ2v) is 5.99. The van der Waals surface area contributed by atoms with Crippen molar-refractivity contribution in [3.05, 3.63) is 53.7 Å². The van der Waals surface area contributed by atoms with Gasteiger partial charge in [-0.15, -0.1) is 0 Å². The molecule has 0 aliphatic heterocycles. The van der Waals surface area contributed by atoms with Crippen LogP contribution in [0.1, 0.15) is 35.7 Å². The molecule has 2 heterocycles. The van der Waals surface area contributed by atoms with Crippen LogP contribution in [0.25, 0.3) is 11.0 Å². The number of ether oxygens (including phenoxy) is 2.